The van der Waals surface area contributed by atoms with Crippen molar-refractivity contribution in [2.24, 2.45) is 0 Å². The van der Waals surface area contributed by atoms with E-state index in [1.165, 1.54) is 57.8 Å². The number of hydrogen-bond acceptors (Lipinski definition) is 7. The monoisotopic (exact) mass is 476 g/mol. The van der Waals surface area contributed by atoms with Gasteiger partial charge in [0.15, 0.2) is 6.29 Å². The molecule has 0 saturated carbocycles. The molecule has 0 fully saturated rings. The number of unbranched alkanes of at least 4 members (excludes halogenated alkanes) is 9. The quantitative estimate of drug-likeness (QED) is 0.149. The molecule has 0 radical (unpaired) electrons. The summed E-state index contributed by atoms with van der Waals surface area (Å²) in [7, 11) is 0. The first-order valence-electron chi connectivity index (χ1n) is 11.9. The maximum absolute atomic E-state index is 10.2. The summed E-state index contributed by atoms with van der Waals surface area (Å²) in [6, 6.07) is 2.18. The highest BCUT2D eigenvalue weighted by atomic mass is 16.5. The highest BCUT2D eigenvalue weighted by molar-refractivity contribution is 5.88. The largest absolute Gasteiger partial charge is 0.475 e. The lowest BCUT2D eigenvalue weighted by Crippen LogP contribution is -2.10. The van der Waals surface area contributed by atoms with Gasteiger partial charge in [-0.2, -0.15) is 0 Å². The lowest BCUT2D eigenvalue weighted by molar-refractivity contribution is -0.0453. The Morgan fingerprint density at radius 1 is 0.727 bits per heavy atom. The van der Waals surface area contributed by atoms with E-state index >= 15 is 0 Å². The molecule has 6 N–H and O–H groups in total. The van der Waals surface area contributed by atoms with Gasteiger partial charge < -0.3 is 35.1 Å². The molecular formula is C24H44O9. The standard InChI is InChI=1S/C14H30O2.C6H4O5.C4H10O2/c1-2-3-4-5-6-7-8-9-10-11-12-14(16)13-15;7-5(8)3-1-2-4(11-3)6(9)10;1-2-3-4(5)6/h14-16H,2-13H2,1H3;1-2H,(H,7,8)(H,9,10);4-6H,2-3H2,1H3. The van der Waals surface area contributed by atoms with Crippen LogP contribution in [0, 0.1) is 0 Å². The maximum atomic E-state index is 10.2. The molecule has 9 nitrogen and oxygen atoms in total. The molecule has 9 heteroatoms. The Hall–Kier alpha value is -1.94. The van der Waals surface area contributed by atoms with Gasteiger partial charge in [-0.25, -0.2) is 9.59 Å². The molecule has 1 aromatic rings. The minimum absolute atomic E-state index is 0.0859. The van der Waals surface area contributed by atoms with Crippen LogP contribution in [0.25, 0.3) is 0 Å². The molecule has 0 aromatic carbocycles. The minimum atomic E-state index is -1.28. The molecule has 0 aliphatic carbocycles. The van der Waals surface area contributed by atoms with Crippen LogP contribution in [0.5, 0.6) is 0 Å². The van der Waals surface area contributed by atoms with E-state index in [2.05, 4.69) is 11.3 Å². The van der Waals surface area contributed by atoms with Crippen molar-refractivity contribution < 1.29 is 44.6 Å². The van der Waals surface area contributed by atoms with Gasteiger partial charge in [0.2, 0.25) is 11.5 Å². The van der Waals surface area contributed by atoms with Crippen molar-refractivity contribution in [1.82, 2.24) is 0 Å². The molecule has 1 aromatic heterocycles. The lowest BCUT2D eigenvalue weighted by atomic mass is 10.0. The van der Waals surface area contributed by atoms with E-state index in [0.29, 0.717) is 6.42 Å². The third-order valence-corrected chi connectivity index (χ3v) is 4.68. The number of carboxylic acid groups (broad SMARTS) is 2. The molecule has 0 aliphatic heterocycles. The average Bonchev–Trinajstić information content (AvgIpc) is 3.27. The van der Waals surface area contributed by atoms with E-state index in [9.17, 15) is 9.59 Å². The summed E-state index contributed by atoms with van der Waals surface area (Å²) >= 11 is 0. The number of aromatic carboxylic acids is 2. The van der Waals surface area contributed by atoms with Gasteiger partial charge in [0.25, 0.3) is 0 Å². The third kappa shape index (κ3) is 23.0. The molecular weight excluding hydrogens is 432 g/mol. The van der Waals surface area contributed by atoms with E-state index < -0.39 is 24.3 Å². The summed E-state index contributed by atoms with van der Waals surface area (Å²) in [6.45, 7) is 4.07. The predicted molar refractivity (Wildman–Crippen MR) is 125 cm³/mol. The van der Waals surface area contributed by atoms with Crippen molar-refractivity contribution in [2.45, 2.75) is 110 Å². The van der Waals surface area contributed by atoms with Crippen LogP contribution in [0.15, 0.2) is 16.5 Å². The van der Waals surface area contributed by atoms with Gasteiger partial charge in [-0.3, -0.25) is 0 Å². The van der Waals surface area contributed by atoms with Crippen LogP contribution in [0.3, 0.4) is 0 Å². The number of aliphatic hydroxyl groups excluding tert-OH is 3. The van der Waals surface area contributed by atoms with Gasteiger partial charge in [-0.05, 0) is 25.0 Å². The van der Waals surface area contributed by atoms with Gasteiger partial charge in [0, 0.05) is 0 Å². The molecule has 0 aliphatic rings. The van der Waals surface area contributed by atoms with Crippen LogP contribution in [-0.4, -0.2) is 61.6 Å². The Bertz CT molecular complexity index is 556. The van der Waals surface area contributed by atoms with E-state index in [1.54, 1.807) is 0 Å². The molecule has 1 heterocycles. The number of carbonyl (C=O) groups is 2. The van der Waals surface area contributed by atoms with E-state index in [0.717, 1.165) is 31.4 Å². The fourth-order valence-electron chi connectivity index (χ4n) is 2.78. The van der Waals surface area contributed by atoms with Crippen molar-refractivity contribution in [1.29, 1.82) is 0 Å². The second-order valence-corrected chi connectivity index (χ2v) is 7.85. The fraction of sp³-hybridized carbons (Fsp3) is 0.750. The normalized spacial score (nSPS) is 11.2. The smallest absolute Gasteiger partial charge is 0.371 e. The van der Waals surface area contributed by atoms with E-state index in [4.69, 9.17) is 30.6 Å². The average molecular weight is 477 g/mol. The first-order chi connectivity index (χ1) is 15.7. The number of hydrogen-bond donors (Lipinski definition) is 6. The molecule has 1 atom stereocenters. The molecule has 1 rings (SSSR count). The molecule has 0 spiro atoms. The summed E-state index contributed by atoms with van der Waals surface area (Å²) in [4.78, 5) is 20.3. The van der Waals surface area contributed by atoms with Crippen LogP contribution >= 0.6 is 0 Å². The van der Waals surface area contributed by atoms with Gasteiger partial charge in [0.05, 0.1) is 12.7 Å². The first kappa shape index (κ1) is 33.2. The van der Waals surface area contributed by atoms with Gasteiger partial charge >= 0.3 is 11.9 Å². The molecule has 0 bridgehead atoms. The number of rotatable bonds is 16. The summed E-state index contributed by atoms with van der Waals surface area (Å²) in [5, 5.41) is 50.6. The number of aliphatic hydroxyl groups is 4. The molecule has 194 valence electrons. The van der Waals surface area contributed by atoms with E-state index in [-0.39, 0.29) is 18.1 Å². The Balaban J connectivity index is 0. The zero-order chi connectivity index (χ0) is 25.5. The van der Waals surface area contributed by atoms with Crippen molar-refractivity contribution in [3.05, 3.63) is 23.7 Å². The van der Waals surface area contributed by atoms with Crippen molar-refractivity contribution >= 4 is 11.9 Å². The zero-order valence-corrected chi connectivity index (χ0v) is 20.1. The van der Waals surface area contributed by atoms with Gasteiger partial charge in [-0.15, -0.1) is 0 Å². The first-order valence-corrected chi connectivity index (χ1v) is 11.9. The van der Waals surface area contributed by atoms with Crippen LogP contribution in [0.2, 0.25) is 0 Å². The Morgan fingerprint density at radius 2 is 1.15 bits per heavy atom. The zero-order valence-electron chi connectivity index (χ0n) is 20.1. The maximum Gasteiger partial charge on any atom is 0.371 e. The molecule has 0 saturated heterocycles. The second-order valence-electron chi connectivity index (χ2n) is 7.85. The molecule has 1 unspecified atom stereocenters. The highest BCUT2D eigenvalue weighted by Crippen LogP contribution is 2.12. The summed E-state index contributed by atoms with van der Waals surface area (Å²) in [5.41, 5.74) is 0. The Kier molecular flexibility index (Phi) is 23.4. The molecule has 0 amide bonds. The van der Waals surface area contributed by atoms with Crippen molar-refractivity contribution in [2.75, 3.05) is 6.61 Å². The van der Waals surface area contributed by atoms with E-state index in [1.807, 2.05) is 6.92 Å². The highest BCUT2D eigenvalue weighted by Gasteiger charge is 2.12. The Labute approximate surface area is 197 Å². The predicted octanol–water partition coefficient (Wildman–Crippen LogP) is 4.42. The third-order valence-electron chi connectivity index (χ3n) is 4.68. The van der Waals surface area contributed by atoms with Gasteiger partial charge in [0.1, 0.15) is 0 Å². The summed E-state index contributed by atoms with van der Waals surface area (Å²) < 4.78 is 4.41. The fourth-order valence-corrected chi connectivity index (χ4v) is 2.78. The Morgan fingerprint density at radius 3 is 1.42 bits per heavy atom. The van der Waals surface area contributed by atoms with Crippen LogP contribution < -0.4 is 0 Å². The second kappa shape index (κ2) is 23.2. The molecule has 33 heavy (non-hydrogen) atoms. The van der Waals surface area contributed by atoms with Crippen LogP contribution in [0.1, 0.15) is 118 Å². The number of furan rings is 1. The number of carboxylic acids is 2. The van der Waals surface area contributed by atoms with Crippen molar-refractivity contribution in [3.8, 4) is 0 Å². The minimum Gasteiger partial charge on any atom is -0.475 e. The lowest BCUT2D eigenvalue weighted by Gasteiger charge is -2.06. The summed E-state index contributed by atoms with van der Waals surface area (Å²) in [6.07, 6.45) is 13.6. The van der Waals surface area contributed by atoms with Gasteiger partial charge in [-0.1, -0.05) is 84.5 Å². The van der Waals surface area contributed by atoms with Crippen LogP contribution in [-0.2, 0) is 0 Å². The van der Waals surface area contributed by atoms with Crippen LogP contribution in [0.4, 0.5) is 0 Å². The SMILES string of the molecule is CCCC(O)O.CCCCCCCCCCCCC(O)CO.O=C(O)c1ccc(C(=O)O)o1. The van der Waals surface area contributed by atoms with Crippen molar-refractivity contribution in [3.63, 3.8) is 0 Å². The topological polar surface area (TPSA) is 169 Å². The summed E-state index contributed by atoms with van der Waals surface area (Å²) in [5.74, 6) is -3.31.